The summed E-state index contributed by atoms with van der Waals surface area (Å²) in [5.41, 5.74) is -2.20. The summed E-state index contributed by atoms with van der Waals surface area (Å²) in [7, 11) is 0. The van der Waals surface area contributed by atoms with Crippen LogP contribution in [0.5, 0.6) is 11.5 Å². The summed E-state index contributed by atoms with van der Waals surface area (Å²) in [4.78, 5) is 25.0. The number of halogens is 4. The first kappa shape index (κ1) is 26.4. The van der Waals surface area contributed by atoms with Gasteiger partial charge in [0.2, 0.25) is 0 Å². The highest BCUT2D eigenvalue weighted by molar-refractivity contribution is 6.31. The van der Waals surface area contributed by atoms with E-state index in [-0.39, 0.29) is 47.2 Å². The van der Waals surface area contributed by atoms with Crippen LogP contribution in [-0.4, -0.2) is 58.5 Å². The number of hydrogen-bond donors (Lipinski definition) is 4. The molecule has 2 unspecified atom stereocenters. The van der Waals surface area contributed by atoms with Gasteiger partial charge in [-0.15, -0.1) is 0 Å². The van der Waals surface area contributed by atoms with Crippen LogP contribution in [0.2, 0.25) is 10.0 Å². The van der Waals surface area contributed by atoms with Gasteiger partial charge in [-0.25, -0.2) is 8.78 Å². The molecule has 3 aliphatic rings. The maximum absolute atomic E-state index is 13.6. The molecule has 8 nitrogen and oxygen atoms in total. The predicted molar refractivity (Wildman–Crippen MR) is 126 cm³/mol. The van der Waals surface area contributed by atoms with Crippen molar-refractivity contribution in [3.05, 3.63) is 58.1 Å². The summed E-state index contributed by atoms with van der Waals surface area (Å²) in [6.45, 7) is -0.869. The van der Waals surface area contributed by atoms with Crippen molar-refractivity contribution < 1.29 is 38.1 Å². The van der Waals surface area contributed by atoms with Crippen LogP contribution in [0.25, 0.3) is 0 Å². The van der Waals surface area contributed by atoms with Crippen molar-refractivity contribution in [2.24, 2.45) is 0 Å². The topological polar surface area (TPSA) is 117 Å². The van der Waals surface area contributed by atoms with Crippen molar-refractivity contribution in [2.75, 3.05) is 13.2 Å². The number of carbonyl (C=O) groups excluding carboxylic acids is 2. The van der Waals surface area contributed by atoms with E-state index in [1.54, 1.807) is 0 Å². The number of amides is 2. The number of carbonyl (C=O) groups is 2. The van der Waals surface area contributed by atoms with Crippen LogP contribution in [0.3, 0.4) is 0 Å². The highest BCUT2D eigenvalue weighted by atomic mass is 35.5. The quantitative estimate of drug-likeness (QED) is 0.406. The zero-order valence-electron chi connectivity index (χ0n) is 18.9. The second-order valence-electron chi connectivity index (χ2n) is 9.08. The van der Waals surface area contributed by atoms with Gasteiger partial charge < -0.3 is 30.3 Å². The first-order valence-corrected chi connectivity index (χ1v) is 11.9. The van der Waals surface area contributed by atoms with E-state index in [0.29, 0.717) is 0 Å². The van der Waals surface area contributed by atoms with Gasteiger partial charge in [-0.05, 0) is 37.1 Å². The Balaban J connectivity index is 1.32. The summed E-state index contributed by atoms with van der Waals surface area (Å²) in [6, 6.07) is 7.55. The lowest BCUT2D eigenvalue weighted by molar-refractivity contribution is -0.152. The first-order valence-electron chi connectivity index (χ1n) is 11.2. The zero-order valence-corrected chi connectivity index (χ0v) is 20.4. The number of ether oxygens (including phenoxy) is 2. The molecule has 0 aromatic heterocycles. The molecule has 3 fully saturated rings. The average molecular weight is 545 g/mol. The molecule has 0 aliphatic heterocycles. The summed E-state index contributed by atoms with van der Waals surface area (Å²) >= 11 is 11.3. The summed E-state index contributed by atoms with van der Waals surface area (Å²) < 4.78 is 37.7. The first-order chi connectivity index (χ1) is 17.0. The Bertz CT molecular complexity index is 1080. The third-order valence-corrected chi connectivity index (χ3v) is 7.32. The van der Waals surface area contributed by atoms with E-state index in [2.05, 4.69) is 10.6 Å². The minimum Gasteiger partial charge on any atom is -0.484 e. The molecule has 4 atom stereocenters. The molecule has 12 heteroatoms. The molecule has 5 rings (SSSR count). The standard InChI is InChI=1S/C24H24Cl2F2N2O6/c25-15-3-1-13(7-17(15)27)35-11-21(33)29-23-5-6-24(10-19(23)31,20(32)9-23)30-22(34)12-36-14-2-4-16(26)18(28)8-14/h1-4,7-8,19-20,31-32H,5-6,9-12H2,(H,29,33)(H,30,34)/t19-,20-,23?,24?/m1/s1. The average Bonchev–Trinajstić information content (AvgIpc) is 2.82. The lowest BCUT2D eigenvalue weighted by atomic mass is 9.58. The summed E-state index contributed by atoms with van der Waals surface area (Å²) in [6.07, 6.45) is -1.54. The van der Waals surface area contributed by atoms with E-state index in [9.17, 15) is 28.6 Å². The van der Waals surface area contributed by atoms with E-state index in [0.717, 1.165) is 12.1 Å². The third-order valence-electron chi connectivity index (χ3n) is 6.71. The number of aliphatic hydroxyl groups is 2. The Hall–Kier alpha value is -2.66. The summed E-state index contributed by atoms with van der Waals surface area (Å²) in [5.74, 6) is -2.26. The smallest absolute Gasteiger partial charge is 0.258 e. The molecule has 3 aliphatic carbocycles. The molecule has 0 heterocycles. The van der Waals surface area contributed by atoms with E-state index in [1.807, 2.05) is 0 Å². The van der Waals surface area contributed by atoms with Crippen molar-refractivity contribution >= 4 is 35.0 Å². The molecule has 2 amide bonds. The van der Waals surface area contributed by atoms with E-state index in [4.69, 9.17) is 32.7 Å². The van der Waals surface area contributed by atoms with Gasteiger partial charge >= 0.3 is 0 Å². The number of hydrogen-bond acceptors (Lipinski definition) is 6. The minimum absolute atomic E-state index is 0.000980. The van der Waals surface area contributed by atoms with E-state index in [1.165, 1.54) is 24.3 Å². The van der Waals surface area contributed by atoms with Gasteiger partial charge in [0, 0.05) is 25.0 Å². The van der Waals surface area contributed by atoms with Gasteiger partial charge in [0.1, 0.15) is 23.1 Å². The van der Waals surface area contributed by atoms with Gasteiger partial charge in [-0.3, -0.25) is 9.59 Å². The predicted octanol–water partition coefficient (Wildman–Crippen LogP) is 2.75. The zero-order chi connectivity index (χ0) is 26.1. The normalized spacial score (nSPS) is 26.8. The Labute approximate surface area is 215 Å². The van der Waals surface area contributed by atoms with E-state index >= 15 is 0 Å². The van der Waals surface area contributed by atoms with Crippen LogP contribution < -0.4 is 20.1 Å². The number of benzene rings is 2. The van der Waals surface area contributed by atoms with Crippen LogP contribution >= 0.6 is 23.2 Å². The maximum atomic E-state index is 13.6. The van der Waals surface area contributed by atoms with Crippen molar-refractivity contribution in [2.45, 2.75) is 49.0 Å². The van der Waals surface area contributed by atoms with Gasteiger partial charge in [0.15, 0.2) is 13.2 Å². The molecule has 3 saturated carbocycles. The molecule has 2 aromatic rings. The fraction of sp³-hybridized carbons (Fsp3) is 0.417. The number of fused-ring (bicyclic) bond motifs is 3. The number of aliphatic hydroxyl groups excluding tert-OH is 2. The second-order valence-corrected chi connectivity index (χ2v) is 9.89. The Morgan fingerprint density at radius 3 is 1.56 bits per heavy atom. The van der Waals surface area contributed by atoms with Gasteiger partial charge in [0.05, 0.1) is 33.3 Å². The van der Waals surface area contributed by atoms with Crippen LogP contribution in [0, 0.1) is 11.6 Å². The second kappa shape index (κ2) is 10.4. The van der Waals surface area contributed by atoms with Crippen molar-refractivity contribution in [3.8, 4) is 11.5 Å². The Morgan fingerprint density at radius 2 is 1.22 bits per heavy atom. The molecule has 2 aromatic carbocycles. The Morgan fingerprint density at radius 1 is 0.833 bits per heavy atom. The molecule has 4 N–H and O–H groups in total. The van der Waals surface area contributed by atoms with Crippen LogP contribution in [-0.2, 0) is 9.59 Å². The highest BCUT2D eigenvalue weighted by Gasteiger charge is 2.60. The van der Waals surface area contributed by atoms with E-state index < -0.39 is 59.9 Å². The molecular weight excluding hydrogens is 521 g/mol. The van der Waals surface area contributed by atoms with Crippen LogP contribution in [0.15, 0.2) is 36.4 Å². The third kappa shape index (κ3) is 5.51. The molecule has 0 saturated heterocycles. The molecule has 0 spiro atoms. The van der Waals surface area contributed by atoms with Crippen LogP contribution in [0.4, 0.5) is 8.78 Å². The van der Waals surface area contributed by atoms with Crippen LogP contribution in [0.1, 0.15) is 25.7 Å². The van der Waals surface area contributed by atoms with Gasteiger partial charge in [-0.1, -0.05) is 23.2 Å². The molecule has 0 radical (unpaired) electrons. The largest absolute Gasteiger partial charge is 0.484 e. The van der Waals surface area contributed by atoms with Crippen molar-refractivity contribution in [1.82, 2.24) is 10.6 Å². The molecule has 2 bridgehead atoms. The van der Waals surface area contributed by atoms with Crippen molar-refractivity contribution in [3.63, 3.8) is 0 Å². The number of nitrogens with one attached hydrogen (secondary N) is 2. The maximum Gasteiger partial charge on any atom is 0.258 e. The lowest BCUT2D eigenvalue weighted by Crippen LogP contribution is -2.75. The molecule has 36 heavy (non-hydrogen) atoms. The minimum atomic E-state index is -1.10. The van der Waals surface area contributed by atoms with Gasteiger partial charge in [0.25, 0.3) is 11.8 Å². The van der Waals surface area contributed by atoms with Crippen molar-refractivity contribution in [1.29, 1.82) is 0 Å². The van der Waals surface area contributed by atoms with Gasteiger partial charge in [-0.2, -0.15) is 0 Å². The highest BCUT2D eigenvalue weighted by Crippen LogP contribution is 2.47. The summed E-state index contributed by atoms with van der Waals surface area (Å²) in [5, 5.41) is 27.0. The number of rotatable bonds is 8. The fourth-order valence-corrected chi connectivity index (χ4v) is 5.02. The SMILES string of the molecule is O=C(COc1ccc(Cl)c(F)c1)NC12CCC(NC(=O)COc3ccc(Cl)c(F)c3)(C[C@H]1O)[C@H](O)C2. The molecular formula is C24H24Cl2F2N2O6. The monoisotopic (exact) mass is 544 g/mol. The fourth-order valence-electron chi connectivity index (χ4n) is 4.79. The Kier molecular flexibility index (Phi) is 7.61. The lowest BCUT2D eigenvalue weighted by Gasteiger charge is -2.58. The molecule has 194 valence electrons.